The molecular formula is C22H31N3O2. The predicted molar refractivity (Wildman–Crippen MR) is 107 cm³/mol. The molecule has 0 radical (unpaired) electrons. The minimum absolute atomic E-state index is 0.0626. The maximum Gasteiger partial charge on any atom is 0.220 e. The normalized spacial score (nSPS) is 21.7. The van der Waals surface area contributed by atoms with Crippen molar-refractivity contribution in [1.82, 2.24) is 15.5 Å². The largest absolute Gasteiger partial charge is 0.376 e. The molecule has 3 rings (SSSR count). The van der Waals surface area contributed by atoms with Gasteiger partial charge in [0.05, 0.1) is 11.8 Å². The summed E-state index contributed by atoms with van der Waals surface area (Å²) >= 11 is 0. The van der Waals surface area contributed by atoms with Crippen molar-refractivity contribution in [3.8, 4) is 0 Å². The first-order valence-corrected chi connectivity index (χ1v) is 9.93. The molecule has 1 aliphatic rings. The molecule has 1 aromatic carbocycles. The standard InChI is InChI=1S/C22H31N3O2/c1-21(2)17-22(12-14-27-21,19-8-4-3-5-9-19)11-13-23-20(26)10-6-7-18-15-24-25-16-18/h3-5,8-9,15-16H,6-7,10-14,17H2,1-2H3,(H,23,26)(H,24,25). The lowest BCUT2D eigenvalue weighted by Crippen LogP contribution is -2.45. The van der Waals surface area contributed by atoms with Gasteiger partial charge in [-0.05, 0) is 57.1 Å². The van der Waals surface area contributed by atoms with E-state index >= 15 is 0 Å². The van der Waals surface area contributed by atoms with Crippen LogP contribution in [-0.2, 0) is 21.4 Å². The van der Waals surface area contributed by atoms with E-state index in [9.17, 15) is 4.79 Å². The van der Waals surface area contributed by atoms with Gasteiger partial charge in [0.1, 0.15) is 0 Å². The molecule has 2 aromatic rings. The highest BCUT2D eigenvalue weighted by Crippen LogP contribution is 2.43. The van der Waals surface area contributed by atoms with Crippen LogP contribution in [0.3, 0.4) is 0 Å². The van der Waals surface area contributed by atoms with Crippen molar-refractivity contribution in [1.29, 1.82) is 0 Å². The second-order valence-corrected chi connectivity index (χ2v) is 8.24. The number of benzene rings is 1. The molecule has 0 saturated carbocycles. The second-order valence-electron chi connectivity index (χ2n) is 8.24. The maximum absolute atomic E-state index is 12.2. The first-order chi connectivity index (χ1) is 13.0. The van der Waals surface area contributed by atoms with E-state index in [1.54, 1.807) is 0 Å². The number of aromatic nitrogens is 2. The topological polar surface area (TPSA) is 67.0 Å². The number of carbonyl (C=O) groups excluding carboxylic acids is 1. The molecule has 0 aliphatic carbocycles. The fraction of sp³-hybridized carbons (Fsp3) is 0.545. The third kappa shape index (κ3) is 5.42. The van der Waals surface area contributed by atoms with Gasteiger partial charge in [-0.15, -0.1) is 0 Å². The van der Waals surface area contributed by atoms with Crippen LogP contribution < -0.4 is 5.32 Å². The molecule has 2 N–H and O–H groups in total. The smallest absolute Gasteiger partial charge is 0.220 e. The Morgan fingerprint density at radius 3 is 2.81 bits per heavy atom. The minimum atomic E-state index is -0.136. The Bertz CT molecular complexity index is 712. The number of carbonyl (C=O) groups is 1. The highest BCUT2D eigenvalue weighted by molar-refractivity contribution is 5.75. The summed E-state index contributed by atoms with van der Waals surface area (Å²) in [6, 6.07) is 10.7. The summed E-state index contributed by atoms with van der Waals surface area (Å²) in [4.78, 5) is 12.2. The summed E-state index contributed by atoms with van der Waals surface area (Å²) in [7, 11) is 0. The third-order valence-electron chi connectivity index (χ3n) is 5.57. The molecule has 1 aromatic heterocycles. The van der Waals surface area contributed by atoms with Gasteiger partial charge in [0.15, 0.2) is 0 Å². The SMILES string of the molecule is CC1(C)CC(CCNC(=O)CCCc2cn[nH]c2)(c2ccccc2)CCO1. The number of aromatic amines is 1. The Balaban J connectivity index is 1.53. The molecule has 2 heterocycles. The quantitative estimate of drug-likeness (QED) is 0.744. The monoisotopic (exact) mass is 369 g/mol. The molecule has 1 aliphatic heterocycles. The number of rotatable bonds is 8. The van der Waals surface area contributed by atoms with Crippen molar-refractivity contribution >= 4 is 5.91 Å². The van der Waals surface area contributed by atoms with E-state index in [4.69, 9.17) is 4.74 Å². The summed E-state index contributed by atoms with van der Waals surface area (Å²) in [5.41, 5.74) is 2.43. The first kappa shape index (κ1) is 19.6. The number of hydrogen-bond acceptors (Lipinski definition) is 3. The lowest BCUT2D eigenvalue weighted by atomic mass is 9.67. The number of nitrogens with zero attached hydrogens (tertiary/aromatic N) is 1. The fourth-order valence-electron chi connectivity index (χ4n) is 4.27. The van der Waals surface area contributed by atoms with Gasteiger partial charge in [-0.1, -0.05) is 30.3 Å². The van der Waals surface area contributed by atoms with E-state index in [1.807, 2.05) is 12.4 Å². The third-order valence-corrected chi connectivity index (χ3v) is 5.57. The van der Waals surface area contributed by atoms with E-state index < -0.39 is 0 Å². The Labute approximate surface area is 161 Å². The average molecular weight is 370 g/mol. The van der Waals surface area contributed by atoms with Crippen molar-refractivity contribution in [2.75, 3.05) is 13.2 Å². The molecule has 146 valence electrons. The highest BCUT2D eigenvalue weighted by atomic mass is 16.5. The van der Waals surface area contributed by atoms with Crippen molar-refractivity contribution in [2.45, 2.75) is 63.4 Å². The van der Waals surface area contributed by atoms with Crippen LogP contribution in [0.25, 0.3) is 0 Å². The van der Waals surface area contributed by atoms with E-state index in [1.165, 1.54) is 5.56 Å². The first-order valence-electron chi connectivity index (χ1n) is 9.93. The van der Waals surface area contributed by atoms with Gasteiger partial charge in [-0.3, -0.25) is 9.89 Å². The van der Waals surface area contributed by atoms with Gasteiger partial charge < -0.3 is 10.1 Å². The van der Waals surface area contributed by atoms with E-state index in [-0.39, 0.29) is 16.9 Å². The van der Waals surface area contributed by atoms with Crippen LogP contribution in [0.1, 0.15) is 57.1 Å². The summed E-state index contributed by atoms with van der Waals surface area (Å²) in [6.07, 6.45) is 8.88. The van der Waals surface area contributed by atoms with Crippen molar-refractivity contribution in [3.63, 3.8) is 0 Å². The van der Waals surface area contributed by atoms with E-state index in [0.29, 0.717) is 13.0 Å². The molecule has 1 fully saturated rings. The van der Waals surface area contributed by atoms with Crippen molar-refractivity contribution in [3.05, 3.63) is 53.9 Å². The second kappa shape index (κ2) is 8.70. The number of ether oxygens (including phenoxy) is 1. The van der Waals surface area contributed by atoms with Crippen LogP contribution in [0, 0.1) is 0 Å². The lowest BCUT2D eigenvalue weighted by Gasteiger charge is -2.45. The molecule has 1 unspecified atom stereocenters. The van der Waals surface area contributed by atoms with Crippen LogP contribution in [-0.4, -0.2) is 34.9 Å². The van der Waals surface area contributed by atoms with Gasteiger partial charge >= 0.3 is 0 Å². The predicted octanol–water partition coefficient (Wildman–Crippen LogP) is 3.77. The van der Waals surface area contributed by atoms with Crippen LogP contribution in [0.4, 0.5) is 0 Å². The molecule has 0 bridgehead atoms. The highest BCUT2D eigenvalue weighted by Gasteiger charge is 2.41. The summed E-state index contributed by atoms with van der Waals surface area (Å²) in [5.74, 6) is 0.132. The summed E-state index contributed by atoms with van der Waals surface area (Å²) in [6.45, 7) is 5.80. The Morgan fingerprint density at radius 2 is 2.11 bits per heavy atom. The molecule has 1 saturated heterocycles. The Kier molecular flexibility index (Phi) is 6.32. The molecule has 5 heteroatoms. The van der Waals surface area contributed by atoms with Crippen LogP contribution in [0.5, 0.6) is 0 Å². The van der Waals surface area contributed by atoms with Gasteiger partial charge in [-0.2, -0.15) is 5.10 Å². The van der Waals surface area contributed by atoms with Crippen LogP contribution in [0.2, 0.25) is 0 Å². The zero-order valence-electron chi connectivity index (χ0n) is 16.5. The summed E-state index contributed by atoms with van der Waals surface area (Å²) < 4.78 is 5.96. The number of hydrogen-bond donors (Lipinski definition) is 2. The van der Waals surface area contributed by atoms with Gasteiger partial charge in [0, 0.05) is 31.2 Å². The Morgan fingerprint density at radius 1 is 1.30 bits per heavy atom. The van der Waals surface area contributed by atoms with Crippen molar-refractivity contribution in [2.24, 2.45) is 0 Å². The zero-order chi connectivity index (χ0) is 19.2. The van der Waals surface area contributed by atoms with Crippen molar-refractivity contribution < 1.29 is 9.53 Å². The van der Waals surface area contributed by atoms with E-state index in [0.717, 1.165) is 44.3 Å². The molecule has 1 amide bonds. The lowest BCUT2D eigenvalue weighted by molar-refractivity contribution is -0.121. The minimum Gasteiger partial charge on any atom is -0.376 e. The number of aryl methyl sites for hydroxylation is 1. The van der Waals surface area contributed by atoms with Gasteiger partial charge in [0.2, 0.25) is 5.91 Å². The molecular weight excluding hydrogens is 338 g/mol. The summed E-state index contributed by atoms with van der Waals surface area (Å²) in [5, 5.41) is 9.87. The van der Waals surface area contributed by atoms with E-state index in [2.05, 4.69) is 59.7 Å². The fourth-order valence-corrected chi connectivity index (χ4v) is 4.27. The zero-order valence-corrected chi connectivity index (χ0v) is 16.5. The average Bonchev–Trinajstić information content (AvgIpc) is 3.15. The molecule has 27 heavy (non-hydrogen) atoms. The molecule has 5 nitrogen and oxygen atoms in total. The van der Waals surface area contributed by atoms with Crippen LogP contribution in [0.15, 0.2) is 42.7 Å². The maximum atomic E-state index is 12.2. The molecule has 0 spiro atoms. The molecule has 1 atom stereocenters. The number of nitrogens with one attached hydrogen (secondary N) is 2. The number of amides is 1. The van der Waals surface area contributed by atoms with Crippen LogP contribution >= 0.6 is 0 Å². The Hall–Kier alpha value is -2.14. The van der Waals surface area contributed by atoms with Gasteiger partial charge in [0.25, 0.3) is 0 Å². The van der Waals surface area contributed by atoms with Gasteiger partial charge in [-0.25, -0.2) is 0 Å². The number of H-pyrrole nitrogens is 1.